The number of methoxy groups -OCH3 is 1. The third-order valence-corrected chi connectivity index (χ3v) is 7.11. The van der Waals surface area contributed by atoms with Crippen molar-refractivity contribution in [1.82, 2.24) is 19.4 Å². The molecule has 0 N–H and O–H groups in total. The molecular formula is C29H40N4O2. The molecule has 0 radical (unpaired) electrons. The number of amides is 1. The zero-order valence-corrected chi connectivity index (χ0v) is 21.7. The van der Waals surface area contributed by atoms with E-state index in [1.54, 1.807) is 7.11 Å². The van der Waals surface area contributed by atoms with Crippen LogP contribution in [0.4, 0.5) is 0 Å². The molecular weight excluding hydrogens is 436 g/mol. The molecule has 1 atom stereocenters. The number of para-hydroxylation sites is 2. The van der Waals surface area contributed by atoms with Gasteiger partial charge in [-0.25, -0.2) is 4.98 Å². The summed E-state index contributed by atoms with van der Waals surface area (Å²) in [5.41, 5.74) is 3.38. The molecule has 3 aromatic rings. The average molecular weight is 477 g/mol. The minimum atomic E-state index is 0.0717. The van der Waals surface area contributed by atoms with Crippen LogP contribution in [0.25, 0.3) is 11.0 Å². The number of fused-ring (bicyclic) bond motifs is 1. The zero-order valence-electron chi connectivity index (χ0n) is 21.7. The van der Waals surface area contributed by atoms with Gasteiger partial charge in [-0.2, -0.15) is 0 Å². The second-order valence-electron chi connectivity index (χ2n) is 10.0. The van der Waals surface area contributed by atoms with Gasteiger partial charge in [0.25, 0.3) is 0 Å². The lowest BCUT2D eigenvalue weighted by Crippen LogP contribution is -2.47. The molecule has 35 heavy (non-hydrogen) atoms. The van der Waals surface area contributed by atoms with Gasteiger partial charge < -0.3 is 14.2 Å². The molecule has 1 saturated heterocycles. The number of likely N-dealkylation sites (tertiary alicyclic amines) is 1. The lowest BCUT2D eigenvalue weighted by molar-refractivity contribution is -0.139. The van der Waals surface area contributed by atoms with Crippen LogP contribution in [0.3, 0.4) is 0 Å². The van der Waals surface area contributed by atoms with E-state index in [1.165, 1.54) is 5.56 Å². The third-order valence-electron chi connectivity index (χ3n) is 7.11. The fourth-order valence-corrected chi connectivity index (χ4v) is 5.12. The highest BCUT2D eigenvalue weighted by Crippen LogP contribution is 2.25. The second-order valence-corrected chi connectivity index (χ2v) is 10.0. The summed E-state index contributed by atoms with van der Waals surface area (Å²) in [6.45, 7) is 10.6. The molecule has 0 bridgehead atoms. The van der Waals surface area contributed by atoms with Crippen LogP contribution in [-0.4, -0.2) is 58.0 Å². The molecule has 4 rings (SSSR count). The Balaban J connectivity index is 1.52. The van der Waals surface area contributed by atoms with Gasteiger partial charge in [0, 0.05) is 25.7 Å². The fraction of sp³-hybridized carbons (Fsp3) is 0.517. The number of carbonyl (C=O) groups excluding carboxylic acids is 1. The quantitative estimate of drug-likeness (QED) is 0.396. The first-order valence-electron chi connectivity index (χ1n) is 13.1. The molecule has 0 aliphatic carbocycles. The molecule has 1 aliphatic heterocycles. The van der Waals surface area contributed by atoms with Crippen LogP contribution in [-0.2, 0) is 17.9 Å². The minimum absolute atomic E-state index is 0.0717. The Bertz CT molecular complexity index is 1110. The van der Waals surface area contributed by atoms with Gasteiger partial charge in [-0.15, -0.1) is 0 Å². The summed E-state index contributed by atoms with van der Waals surface area (Å²) in [4.78, 5) is 22.9. The van der Waals surface area contributed by atoms with E-state index in [1.807, 2.05) is 18.2 Å². The molecule has 0 saturated carbocycles. The number of piperidine rings is 1. The number of rotatable bonds is 10. The first kappa shape index (κ1) is 25.2. The Morgan fingerprint density at radius 1 is 1.14 bits per heavy atom. The summed E-state index contributed by atoms with van der Waals surface area (Å²) in [6.07, 6.45) is 4.20. The van der Waals surface area contributed by atoms with Crippen molar-refractivity contribution in [2.24, 2.45) is 5.92 Å². The summed E-state index contributed by atoms with van der Waals surface area (Å²) in [6, 6.07) is 16.8. The molecule has 1 aliphatic rings. The SMILES string of the molecule is CCCCN(C(=O)[C@@H]1CCCN(Cc2nc3ccccc3n2Cc2ccc(OC)cc2)C1)C(C)C. The van der Waals surface area contributed by atoms with Crippen molar-refractivity contribution < 1.29 is 9.53 Å². The van der Waals surface area contributed by atoms with Crippen molar-refractivity contribution in [2.45, 2.75) is 65.6 Å². The summed E-state index contributed by atoms with van der Waals surface area (Å²) in [5.74, 6) is 2.32. The van der Waals surface area contributed by atoms with E-state index in [-0.39, 0.29) is 12.0 Å². The highest BCUT2D eigenvalue weighted by Gasteiger charge is 2.30. The maximum absolute atomic E-state index is 13.4. The van der Waals surface area contributed by atoms with Crippen LogP contribution in [0.15, 0.2) is 48.5 Å². The predicted octanol–water partition coefficient (Wildman–Crippen LogP) is 5.34. The first-order chi connectivity index (χ1) is 17.0. The van der Waals surface area contributed by atoms with E-state index in [4.69, 9.17) is 9.72 Å². The van der Waals surface area contributed by atoms with Gasteiger partial charge in [0.2, 0.25) is 5.91 Å². The van der Waals surface area contributed by atoms with Gasteiger partial charge in [-0.05, 0) is 69.5 Å². The number of nitrogens with zero attached hydrogens (tertiary/aromatic N) is 4. The van der Waals surface area contributed by atoms with Crippen LogP contribution < -0.4 is 4.74 Å². The smallest absolute Gasteiger partial charge is 0.227 e. The standard InChI is InChI=1S/C29H40N4O2/c1-5-6-18-32(22(2)3)29(34)24-10-9-17-31(20-24)21-28-30-26-11-7-8-12-27(26)33(28)19-23-13-15-25(35-4)16-14-23/h7-8,11-16,22,24H,5-6,9-10,17-21H2,1-4H3/t24-/m1/s1. The van der Waals surface area contributed by atoms with Crippen molar-refractivity contribution in [3.8, 4) is 5.75 Å². The third kappa shape index (κ3) is 6.04. The number of carbonyl (C=O) groups is 1. The van der Waals surface area contributed by atoms with Gasteiger partial charge in [0.15, 0.2) is 0 Å². The lowest BCUT2D eigenvalue weighted by Gasteiger charge is -2.36. The van der Waals surface area contributed by atoms with Gasteiger partial charge >= 0.3 is 0 Å². The normalized spacial score (nSPS) is 16.7. The summed E-state index contributed by atoms with van der Waals surface area (Å²) >= 11 is 0. The van der Waals surface area contributed by atoms with Crippen molar-refractivity contribution in [1.29, 1.82) is 0 Å². The molecule has 2 aromatic carbocycles. The number of ether oxygens (including phenoxy) is 1. The Morgan fingerprint density at radius 3 is 2.63 bits per heavy atom. The maximum atomic E-state index is 13.4. The van der Waals surface area contributed by atoms with E-state index in [0.717, 1.165) is 81.0 Å². The molecule has 2 heterocycles. The fourth-order valence-electron chi connectivity index (χ4n) is 5.12. The van der Waals surface area contributed by atoms with Crippen LogP contribution in [0, 0.1) is 5.92 Å². The van der Waals surface area contributed by atoms with E-state index < -0.39 is 0 Å². The van der Waals surface area contributed by atoms with Crippen LogP contribution in [0.5, 0.6) is 5.75 Å². The Morgan fingerprint density at radius 2 is 1.91 bits per heavy atom. The highest BCUT2D eigenvalue weighted by atomic mass is 16.5. The van der Waals surface area contributed by atoms with Crippen molar-refractivity contribution in [3.05, 3.63) is 59.9 Å². The number of hydrogen-bond acceptors (Lipinski definition) is 4. The molecule has 6 nitrogen and oxygen atoms in total. The van der Waals surface area contributed by atoms with E-state index in [2.05, 4.69) is 65.5 Å². The topological polar surface area (TPSA) is 50.6 Å². The Hall–Kier alpha value is -2.86. The maximum Gasteiger partial charge on any atom is 0.227 e. The second kappa shape index (κ2) is 11.7. The summed E-state index contributed by atoms with van der Waals surface area (Å²) in [7, 11) is 1.69. The molecule has 1 aromatic heterocycles. The largest absolute Gasteiger partial charge is 0.497 e. The van der Waals surface area contributed by atoms with Gasteiger partial charge in [-0.3, -0.25) is 9.69 Å². The number of imidazole rings is 1. The Labute approximate surface area is 209 Å². The molecule has 1 amide bonds. The summed E-state index contributed by atoms with van der Waals surface area (Å²) < 4.78 is 7.65. The monoisotopic (exact) mass is 476 g/mol. The van der Waals surface area contributed by atoms with Crippen molar-refractivity contribution in [3.63, 3.8) is 0 Å². The van der Waals surface area contributed by atoms with Gasteiger partial charge in [0.1, 0.15) is 11.6 Å². The van der Waals surface area contributed by atoms with Crippen LogP contribution >= 0.6 is 0 Å². The van der Waals surface area contributed by atoms with Gasteiger partial charge in [-0.1, -0.05) is 37.6 Å². The predicted molar refractivity (Wildman–Crippen MR) is 142 cm³/mol. The first-order valence-corrected chi connectivity index (χ1v) is 13.1. The number of hydrogen-bond donors (Lipinski definition) is 0. The number of unbranched alkanes of at least 4 members (excludes halogenated alkanes) is 1. The average Bonchev–Trinajstić information content (AvgIpc) is 3.21. The zero-order chi connectivity index (χ0) is 24.8. The van der Waals surface area contributed by atoms with Gasteiger partial charge in [0.05, 0.1) is 30.6 Å². The molecule has 6 heteroatoms. The van der Waals surface area contributed by atoms with Crippen molar-refractivity contribution in [2.75, 3.05) is 26.7 Å². The molecule has 1 fully saturated rings. The Kier molecular flexibility index (Phi) is 8.45. The minimum Gasteiger partial charge on any atom is -0.497 e. The number of benzene rings is 2. The van der Waals surface area contributed by atoms with Crippen molar-refractivity contribution >= 4 is 16.9 Å². The van der Waals surface area contributed by atoms with Crippen LogP contribution in [0.1, 0.15) is 57.8 Å². The van der Waals surface area contributed by atoms with E-state index in [9.17, 15) is 4.79 Å². The number of aromatic nitrogens is 2. The van der Waals surface area contributed by atoms with E-state index in [0.29, 0.717) is 5.91 Å². The summed E-state index contributed by atoms with van der Waals surface area (Å²) in [5, 5.41) is 0. The lowest BCUT2D eigenvalue weighted by atomic mass is 9.95. The van der Waals surface area contributed by atoms with Crippen LogP contribution in [0.2, 0.25) is 0 Å². The highest BCUT2D eigenvalue weighted by molar-refractivity contribution is 5.79. The molecule has 0 spiro atoms. The van der Waals surface area contributed by atoms with E-state index >= 15 is 0 Å². The molecule has 0 unspecified atom stereocenters. The molecule has 188 valence electrons.